The van der Waals surface area contributed by atoms with Crippen LogP contribution in [0.2, 0.25) is 0 Å². The van der Waals surface area contributed by atoms with E-state index in [1.807, 2.05) is 0 Å². The maximum atomic E-state index is 12.6. The topological polar surface area (TPSA) is 101 Å². The van der Waals surface area contributed by atoms with E-state index in [0.29, 0.717) is 37.0 Å². The lowest BCUT2D eigenvalue weighted by Gasteiger charge is -2.19. The van der Waals surface area contributed by atoms with Crippen LogP contribution in [0.1, 0.15) is 55.3 Å². The first-order valence-electron chi connectivity index (χ1n) is 10.1. The number of aromatic nitrogens is 2. The molecule has 6 nitrogen and oxygen atoms in total. The maximum absolute atomic E-state index is 12.6. The summed E-state index contributed by atoms with van der Waals surface area (Å²) in [5.74, 6) is 1.68. The molecule has 0 spiro atoms. The van der Waals surface area contributed by atoms with Gasteiger partial charge in [0, 0.05) is 23.8 Å². The molecule has 0 aliphatic heterocycles. The normalized spacial score (nSPS) is 24.0. The monoisotopic (exact) mass is 424 g/mol. The molecule has 3 atom stereocenters. The first-order chi connectivity index (χ1) is 13.0. The second-order valence-electron chi connectivity index (χ2n) is 8.15. The molecular formula is C20H29ClN4O2S. The van der Waals surface area contributed by atoms with Gasteiger partial charge in [-0.25, -0.2) is 4.98 Å². The molecule has 0 radical (unpaired) electrons. The summed E-state index contributed by atoms with van der Waals surface area (Å²) in [5.41, 5.74) is 6.92. The zero-order valence-corrected chi connectivity index (χ0v) is 17.9. The van der Waals surface area contributed by atoms with E-state index in [4.69, 9.17) is 5.73 Å². The van der Waals surface area contributed by atoms with E-state index in [-0.39, 0.29) is 29.9 Å². The number of carbonyl (C=O) groups is 1. The highest BCUT2D eigenvalue weighted by Gasteiger charge is 2.27. The van der Waals surface area contributed by atoms with Gasteiger partial charge in [-0.3, -0.25) is 9.59 Å². The Morgan fingerprint density at radius 1 is 1.36 bits per heavy atom. The predicted octanol–water partition coefficient (Wildman–Crippen LogP) is 2.71. The summed E-state index contributed by atoms with van der Waals surface area (Å²) in [5, 5.41) is 3.88. The Morgan fingerprint density at radius 2 is 2.18 bits per heavy atom. The number of hydrogen-bond acceptors (Lipinski definition) is 5. The Morgan fingerprint density at radius 3 is 2.96 bits per heavy atom. The largest absolute Gasteiger partial charge is 0.353 e. The maximum Gasteiger partial charge on any atom is 0.259 e. The number of nitrogens with one attached hydrogen (secondary N) is 2. The van der Waals surface area contributed by atoms with Gasteiger partial charge in [-0.2, -0.15) is 0 Å². The SMILES string of the molecule is CC1CCc2c(sc3nc(CCC(=O)NC4CCCC4CN)[nH]c(=O)c23)C1.Cl. The highest BCUT2D eigenvalue weighted by atomic mass is 35.5. The Bertz CT molecular complexity index is 909. The van der Waals surface area contributed by atoms with E-state index >= 15 is 0 Å². The lowest BCUT2D eigenvalue weighted by molar-refractivity contribution is -0.122. The lowest BCUT2D eigenvalue weighted by Crippen LogP contribution is -2.40. The van der Waals surface area contributed by atoms with Crippen LogP contribution in [0.3, 0.4) is 0 Å². The summed E-state index contributed by atoms with van der Waals surface area (Å²) in [6.45, 7) is 2.88. The zero-order chi connectivity index (χ0) is 19.0. The third-order valence-electron chi connectivity index (χ3n) is 6.11. The van der Waals surface area contributed by atoms with Crippen molar-refractivity contribution in [3.63, 3.8) is 0 Å². The van der Waals surface area contributed by atoms with Crippen LogP contribution >= 0.6 is 23.7 Å². The molecule has 0 bridgehead atoms. The summed E-state index contributed by atoms with van der Waals surface area (Å²) >= 11 is 1.65. The van der Waals surface area contributed by atoms with Crippen molar-refractivity contribution >= 4 is 39.9 Å². The minimum atomic E-state index is -0.0542. The van der Waals surface area contributed by atoms with Gasteiger partial charge in [0.05, 0.1) is 5.39 Å². The number of aromatic amines is 1. The number of fused-ring (bicyclic) bond motifs is 3. The van der Waals surface area contributed by atoms with Crippen molar-refractivity contribution in [2.45, 2.75) is 64.3 Å². The number of thiophene rings is 1. The predicted molar refractivity (Wildman–Crippen MR) is 115 cm³/mol. The fourth-order valence-electron chi connectivity index (χ4n) is 4.53. The molecule has 2 heterocycles. The molecule has 28 heavy (non-hydrogen) atoms. The van der Waals surface area contributed by atoms with Gasteiger partial charge in [0.25, 0.3) is 5.56 Å². The molecule has 2 aliphatic rings. The molecule has 3 unspecified atom stereocenters. The number of carbonyl (C=O) groups excluding carboxylic acids is 1. The molecule has 1 amide bonds. The van der Waals surface area contributed by atoms with Gasteiger partial charge in [-0.15, -0.1) is 23.7 Å². The summed E-state index contributed by atoms with van der Waals surface area (Å²) in [6.07, 6.45) is 7.15. The fourth-order valence-corrected chi connectivity index (χ4v) is 5.93. The molecule has 8 heteroatoms. The van der Waals surface area contributed by atoms with Crippen LogP contribution < -0.4 is 16.6 Å². The van der Waals surface area contributed by atoms with Crippen molar-refractivity contribution < 1.29 is 4.79 Å². The van der Waals surface area contributed by atoms with E-state index in [9.17, 15) is 9.59 Å². The number of amides is 1. The third-order valence-corrected chi connectivity index (χ3v) is 7.26. The second kappa shape index (κ2) is 8.93. The van der Waals surface area contributed by atoms with Crippen molar-refractivity contribution in [1.82, 2.24) is 15.3 Å². The average molecular weight is 425 g/mol. The van der Waals surface area contributed by atoms with Crippen LogP contribution in [0.4, 0.5) is 0 Å². The molecule has 1 fully saturated rings. The van der Waals surface area contributed by atoms with Crippen LogP contribution in [0.5, 0.6) is 0 Å². The van der Waals surface area contributed by atoms with Crippen LogP contribution in [0, 0.1) is 11.8 Å². The van der Waals surface area contributed by atoms with E-state index < -0.39 is 0 Å². The minimum absolute atomic E-state index is 0. The van der Waals surface area contributed by atoms with Crippen molar-refractivity contribution in [3.05, 3.63) is 26.6 Å². The highest BCUT2D eigenvalue weighted by molar-refractivity contribution is 7.18. The number of aryl methyl sites for hydroxylation is 2. The van der Waals surface area contributed by atoms with Gasteiger partial charge in [0.1, 0.15) is 10.7 Å². The molecular weight excluding hydrogens is 396 g/mol. The Kier molecular flexibility index (Phi) is 6.78. The minimum Gasteiger partial charge on any atom is -0.353 e. The van der Waals surface area contributed by atoms with Crippen molar-refractivity contribution in [3.8, 4) is 0 Å². The van der Waals surface area contributed by atoms with Gasteiger partial charge in [-0.1, -0.05) is 13.3 Å². The van der Waals surface area contributed by atoms with Crippen molar-refractivity contribution in [1.29, 1.82) is 0 Å². The zero-order valence-electron chi connectivity index (χ0n) is 16.3. The van der Waals surface area contributed by atoms with Crippen LogP contribution in [0.15, 0.2) is 4.79 Å². The van der Waals surface area contributed by atoms with Gasteiger partial charge in [-0.05, 0) is 56.0 Å². The molecule has 154 valence electrons. The highest BCUT2D eigenvalue weighted by Crippen LogP contribution is 2.35. The fraction of sp³-hybridized carbons (Fsp3) is 0.650. The number of rotatable bonds is 5. The van der Waals surface area contributed by atoms with E-state index in [0.717, 1.165) is 48.7 Å². The molecule has 0 saturated heterocycles. The molecule has 2 aromatic rings. The van der Waals surface area contributed by atoms with E-state index in [1.54, 1.807) is 11.3 Å². The molecule has 0 aromatic carbocycles. The van der Waals surface area contributed by atoms with Crippen LogP contribution in [0.25, 0.3) is 10.2 Å². The smallest absolute Gasteiger partial charge is 0.259 e. The molecule has 2 aromatic heterocycles. The summed E-state index contributed by atoms with van der Waals surface area (Å²) in [4.78, 5) is 34.6. The summed E-state index contributed by atoms with van der Waals surface area (Å²) in [6, 6.07) is 0.197. The number of hydrogen-bond donors (Lipinski definition) is 3. The molecule has 4 N–H and O–H groups in total. The third kappa shape index (κ3) is 4.26. The number of nitrogens with two attached hydrogens (primary N) is 1. The number of nitrogens with zero attached hydrogens (tertiary/aromatic N) is 1. The van der Waals surface area contributed by atoms with Gasteiger partial charge >= 0.3 is 0 Å². The van der Waals surface area contributed by atoms with Crippen LogP contribution in [-0.4, -0.2) is 28.5 Å². The Balaban J connectivity index is 0.00000225. The van der Waals surface area contributed by atoms with E-state index in [2.05, 4.69) is 22.2 Å². The summed E-state index contributed by atoms with van der Waals surface area (Å²) in [7, 11) is 0. The quantitative estimate of drug-likeness (QED) is 0.686. The Labute approximate surface area is 175 Å². The lowest BCUT2D eigenvalue weighted by atomic mass is 9.89. The second-order valence-corrected chi connectivity index (χ2v) is 9.23. The van der Waals surface area contributed by atoms with E-state index in [1.165, 1.54) is 10.4 Å². The Hall–Kier alpha value is -1.44. The first kappa shape index (κ1) is 21.3. The number of halogens is 1. The van der Waals surface area contributed by atoms with Crippen molar-refractivity contribution in [2.24, 2.45) is 17.6 Å². The molecule has 2 aliphatic carbocycles. The van der Waals surface area contributed by atoms with Gasteiger partial charge < -0.3 is 16.0 Å². The van der Waals surface area contributed by atoms with Gasteiger partial charge in [0.15, 0.2) is 0 Å². The molecule has 4 rings (SSSR count). The molecule has 1 saturated carbocycles. The number of H-pyrrole nitrogens is 1. The van der Waals surface area contributed by atoms with Crippen molar-refractivity contribution in [2.75, 3.05) is 6.54 Å². The standard InChI is InChI=1S/C20H28N4O2S.ClH/c1-11-5-6-13-15(9-11)27-20-18(13)19(26)23-16(24-20)7-8-17(25)22-14-4-2-3-12(14)10-21;/h11-12,14H,2-10,21H2,1H3,(H,22,25)(H,23,24,26);1H. The average Bonchev–Trinajstić information content (AvgIpc) is 3.23. The van der Waals surface area contributed by atoms with Crippen LogP contribution in [-0.2, 0) is 24.1 Å². The van der Waals surface area contributed by atoms with Gasteiger partial charge in [0.2, 0.25) is 5.91 Å². The summed E-state index contributed by atoms with van der Waals surface area (Å²) < 4.78 is 0. The first-order valence-corrected chi connectivity index (χ1v) is 10.9.